The van der Waals surface area contributed by atoms with Crippen LogP contribution in [-0.4, -0.2) is 23.0 Å². The van der Waals surface area contributed by atoms with Crippen LogP contribution in [0.4, 0.5) is 0 Å². The predicted octanol–water partition coefficient (Wildman–Crippen LogP) is 3.69. The van der Waals surface area contributed by atoms with Crippen LogP contribution in [0.2, 0.25) is 0 Å². The molecule has 1 unspecified atom stereocenters. The molecule has 0 spiro atoms. The topological polar surface area (TPSA) is 58.2 Å². The summed E-state index contributed by atoms with van der Waals surface area (Å²) in [5.41, 5.74) is -0.377. The first-order chi connectivity index (χ1) is 10.7. The molecule has 0 bridgehead atoms. The Morgan fingerprint density at radius 1 is 1.45 bits per heavy atom. The highest BCUT2D eigenvalue weighted by atomic mass is 16.3. The zero-order chi connectivity index (χ0) is 15.4. The first kappa shape index (κ1) is 14.8. The number of hydrogen-bond acceptors (Lipinski definition) is 4. The number of rotatable bonds is 6. The predicted molar refractivity (Wildman–Crippen MR) is 81.9 cm³/mol. The molecule has 22 heavy (non-hydrogen) atoms. The van der Waals surface area contributed by atoms with Crippen LogP contribution in [0.1, 0.15) is 56.7 Å². The zero-order valence-electron chi connectivity index (χ0n) is 12.7. The maximum Gasteiger partial charge on any atom is 0.223 e. The summed E-state index contributed by atoms with van der Waals surface area (Å²) in [5, 5.41) is 8.20. The van der Waals surface area contributed by atoms with Crippen LogP contribution in [0.15, 0.2) is 33.0 Å². The zero-order valence-corrected chi connectivity index (χ0v) is 12.7. The molecule has 5 nitrogen and oxygen atoms in total. The summed E-state index contributed by atoms with van der Waals surface area (Å²) in [5.74, 6) is 3.66. The van der Waals surface area contributed by atoms with E-state index in [4.69, 9.17) is 10.8 Å². The molecule has 0 N–H and O–H groups in total. The second kappa shape index (κ2) is 6.35. The fourth-order valence-corrected chi connectivity index (χ4v) is 3.13. The molecule has 1 amide bonds. The van der Waals surface area contributed by atoms with Gasteiger partial charge in [-0.2, -0.15) is 10.2 Å². The molecule has 2 aliphatic heterocycles. The minimum absolute atomic E-state index is 0.0750. The Bertz CT molecular complexity index is 580. The molecule has 1 aromatic rings. The normalized spacial score (nSPS) is 22.3. The van der Waals surface area contributed by atoms with Gasteiger partial charge in [-0.15, -0.1) is 12.3 Å². The van der Waals surface area contributed by atoms with Crippen molar-refractivity contribution in [2.45, 2.75) is 56.7 Å². The third kappa shape index (κ3) is 3.22. The molecule has 1 saturated heterocycles. The third-order valence-corrected chi connectivity index (χ3v) is 4.49. The lowest BCUT2D eigenvalue weighted by Crippen LogP contribution is -2.38. The number of carbonyl (C=O) groups excluding carboxylic acids is 1. The van der Waals surface area contributed by atoms with Crippen molar-refractivity contribution >= 4 is 5.91 Å². The van der Waals surface area contributed by atoms with Crippen molar-refractivity contribution in [3.05, 3.63) is 24.2 Å². The molecule has 5 heteroatoms. The largest absolute Gasteiger partial charge is 0.467 e. The van der Waals surface area contributed by atoms with Crippen molar-refractivity contribution < 1.29 is 9.21 Å². The van der Waals surface area contributed by atoms with E-state index in [2.05, 4.69) is 16.1 Å². The van der Waals surface area contributed by atoms with E-state index in [1.54, 1.807) is 6.26 Å². The highest BCUT2D eigenvalue weighted by Crippen LogP contribution is 2.38. The molecular formula is C17H21N3O2. The Balaban J connectivity index is 1.57. The Morgan fingerprint density at radius 2 is 2.32 bits per heavy atom. The Labute approximate surface area is 130 Å². The monoisotopic (exact) mass is 299 g/mol. The van der Waals surface area contributed by atoms with Gasteiger partial charge in [-0.05, 0) is 31.4 Å². The van der Waals surface area contributed by atoms with E-state index in [0.29, 0.717) is 19.3 Å². The van der Waals surface area contributed by atoms with Gasteiger partial charge in [0.25, 0.3) is 0 Å². The summed E-state index contributed by atoms with van der Waals surface area (Å²) in [6.07, 6.45) is 12.6. The Hall–Kier alpha value is -2.09. The molecule has 116 valence electrons. The van der Waals surface area contributed by atoms with Gasteiger partial charge in [0.1, 0.15) is 5.76 Å². The van der Waals surface area contributed by atoms with E-state index in [9.17, 15) is 4.79 Å². The van der Waals surface area contributed by atoms with E-state index in [1.807, 2.05) is 17.0 Å². The van der Waals surface area contributed by atoms with E-state index >= 15 is 0 Å². The van der Waals surface area contributed by atoms with Gasteiger partial charge in [0.15, 0.2) is 5.66 Å². The van der Waals surface area contributed by atoms with E-state index in [-0.39, 0.29) is 17.6 Å². The summed E-state index contributed by atoms with van der Waals surface area (Å²) >= 11 is 0. The van der Waals surface area contributed by atoms with E-state index in [0.717, 1.165) is 38.0 Å². The van der Waals surface area contributed by atoms with Gasteiger partial charge in [-0.1, -0.05) is 0 Å². The fourth-order valence-electron chi connectivity index (χ4n) is 3.13. The molecule has 2 aliphatic rings. The van der Waals surface area contributed by atoms with Crippen LogP contribution in [0.3, 0.4) is 0 Å². The van der Waals surface area contributed by atoms with Crippen molar-refractivity contribution in [3.8, 4) is 12.3 Å². The van der Waals surface area contributed by atoms with Gasteiger partial charge in [0.2, 0.25) is 5.91 Å². The first-order valence-corrected chi connectivity index (χ1v) is 7.94. The lowest BCUT2D eigenvalue weighted by atomic mass is 9.97. The maximum absolute atomic E-state index is 12.6. The summed E-state index contributed by atoms with van der Waals surface area (Å²) in [6, 6.07) is 3.91. The Kier molecular flexibility index (Phi) is 4.28. The second-order valence-electron chi connectivity index (χ2n) is 6.00. The smallest absolute Gasteiger partial charge is 0.223 e. The number of piperidine rings is 1. The highest BCUT2D eigenvalue weighted by molar-refractivity contribution is 5.77. The Morgan fingerprint density at radius 3 is 3.00 bits per heavy atom. The third-order valence-electron chi connectivity index (χ3n) is 4.49. The summed E-state index contributed by atoms with van der Waals surface area (Å²) in [4.78, 5) is 14.6. The van der Waals surface area contributed by atoms with Crippen LogP contribution < -0.4 is 0 Å². The van der Waals surface area contributed by atoms with Crippen LogP contribution in [0.25, 0.3) is 0 Å². The average molecular weight is 299 g/mol. The van der Waals surface area contributed by atoms with Gasteiger partial charge in [0.05, 0.1) is 12.3 Å². The molecule has 3 heterocycles. The van der Waals surface area contributed by atoms with Crippen molar-refractivity contribution in [1.29, 1.82) is 0 Å². The quantitative estimate of drug-likeness (QED) is 0.752. The second-order valence-corrected chi connectivity index (χ2v) is 6.00. The average Bonchev–Trinajstić information content (AvgIpc) is 3.11. The number of hydrogen-bond donors (Lipinski definition) is 0. The van der Waals surface area contributed by atoms with Gasteiger partial charge in [0, 0.05) is 32.2 Å². The molecule has 0 aromatic carbocycles. The van der Waals surface area contributed by atoms with Gasteiger partial charge in [-0.3, -0.25) is 4.79 Å². The number of nitrogens with zero attached hydrogens (tertiary/aromatic N) is 3. The maximum atomic E-state index is 12.6. The minimum Gasteiger partial charge on any atom is -0.467 e. The lowest BCUT2D eigenvalue weighted by Gasteiger charge is -2.34. The van der Waals surface area contributed by atoms with Crippen molar-refractivity contribution in [1.82, 2.24) is 4.90 Å². The van der Waals surface area contributed by atoms with Crippen molar-refractivity contribution in [2.24, 2.45) is 10.2 Å². The fraction of sp³-hybridized carbons (Fsp3) is 0.588. The van der Waals surface area contributed by atoms with E-state index < -0.39 is 0 Å². The first-order valence-electron chi connectivity index (χ1n) is 7.94. The molecule has 1 aromatic heterocycles. The minimum atomic E-state index is -0.377. The van der Waals surface area contributed by atoms with Gasteiger partial charge < -0.3 is 9.32 Å². The number of furan rings is 1. The number of likely N-dealkylation sites (tertiary alicyclic amines) is 1. The molecule has 0 saturated carbocycles. The molecule has 1 atom stereocenters. The molecular weight excluding hydrogens is 278 g/mol. The molecule has 0 radical (unpaired) electrons. The summed E-state index contributed by atoms with van der Waals surface area (Å²) in [7, 11) is 0. The van der Waals surface area contributed by atoms with Crippen LogP contribution in [-0.2, 0) is 4.79 Å². The number of carbonyl (C=O) groups is 1. The number of terminal acetylenes is 1. The van der Waals surface area contributed by atoms with Gasteiger partial charge in [-0.25, -0.2) is 0 Å². The summed E-state index contributed by atoms with van der Waals surface area (Å²) in [6.45, 7) is 0.801. The highest BCUT2D eigenvalue weighted by Gasteiger charge is 2.40. The standard InChI is InChI=1S/C17H21N3O2/c1-2-3-10-17(18-19-17)11-9-16(21)20-12-5-4-7-14(20)15-8-6-13-22-15/h1,6,8,13-14H,3-5,7,9-12H2. The van der Waals surface area contributed by atoms with E-state index in [1.165, 1.54) is 0 Å². The van der Waals surface area contributed by atoms with Gasteiger partial charge >= 0.3 is 0 Å². The van der Waals surface area contributed by atoms with Crippen LogP contribution in [0.5, 0.6) is 0 Å². The molecule has 1 fully saturated rings. The lowest BCUT2D eigenvalue weighted by molar-refractivity contribution is -0.135. The van der Waals surface area contributed by atoms with Crippen LogP contribution in [0, 0.1) is 12.3 Å². The van der Waals surface area contributed by atoms with Crippen LogP contribution >= 0.6 is 0 Å². The SMILES string of the molecule is C#CCCC1(CCC(=O)N2CCCCC2c2ccco2)N=N1. The molecule has 3 rings (SSSR count). The summed E-state index contributed by atoms with van der Waals surface area (Å²) < 4.78 is 5.51. The number of amides is 1. The van der Waals surface area contributed by atoms with Crippen molar-refractivity contribution in [3.63, 3.8) is 0 Å². The van der Waals surface area contributed by atoms with Crippen molar-refractivity contribution in [2.75, 3.05) is 6.54 Å². The molecule has 0 aliphatic carbocycles.